The second-order valence-corrected chi connectivity index (χ2v) is 6.48. The van der Waals surface area contributed by atoms with Crippen LogP contribution in [-0.2, 0) is 17.7 Å². The van der Waals surface area contributed by atoms with E-state index >= 15 is 0 Å². The molecule has 4 nitrogen and oxygen atoms in total. The third kappa shape index (κ3) is 2.96. The molecule has 4 heteroatoms. The van der Waals surface area contributed by atoms with Crippen LogP contribution < -0.4 is 5.73 Å². The minimum absolute atomic E-state index is 0.287. The number of rotatable bonds is 3. The standard InChI is InChI=1S/C20H24N2O2/c1-12-9-15(21)10-13(2)17(12)11-14-7-8-19(23)20-16(14)5-4-6-18(20)22-24-3/h7-10,23H,4-6,11,21H2,1-3H3/b22-18+. The Kier molecular flexibility index (Phi) is 4.47. The molecule has 126 valence electrons. The van der Waals surface area contributed by atoms with Crippen LogP contribution >= 0.6 is 0 Å². The lowest BCUT2D eigenvalue weighted by molar-refractivity contribution is 0.212. The van der Waals surface area contributed by atoms with Gasteiger partial charge in [0.1, 0.15) is 12.9 Å². The van der Waals surface area contributed by atoms with Crippen LogP contribution in [0.2, 0.25) is 0 Å². The van der Waals surface area contributed by atoms with Crippen LogP contribution in [-0.4, -0.2) is 17.9 Å². The van der Waals surface area contributed by atoms with Gasteiger partial charge in [0.2, 0.25) is 0 Å². The molecular formula is C20H24N2O2. The third-order valence-corrected chi connectivity index (χ3v) is 4.80. The molecule has 3 rings (SSSR count). The zero-order valence-corrected chi connectivity index (χ0v) is 14.5. The van der Waals surface area contributed by atoms with Gasteiger partial charge in [-0.1, -0.05) is 11.2 Å². The van der Waals surface area contributed by atoms with Crippen LogP contribution in [0.25, 0.3) is 0 Å². The first-order valence-electron chi connectivity index (χ1n) is 8.31. The van der Waals surface area contributed by atoms with Gasteiger partial charge in [-0.3, -0.25) is 0 Å². The number of phenolic OH excluding ortho intramolecular Hbond substituents is 1. The quantitative estimate of drug-likeness (QED) is 0.665. The van der Waals surface area contributed by atoms with Crippen molar-refractivity contribution >= 4 is 11.4 Å². The number of aromatic hydroxyl groups is 1. The summed E-state index contributed by atoms with van der Waals surface area (Å²) in [6.45, 7) is 4.20. The van der Waals surface area contributed by atoms with E-state index in [2.05, 4.69) is 19.0 Å². The molecule has 0 saturated heterocycles. The van der Waals surface area contributed by atoms with Gasteiger partial charge in [0.05, 0.1) is 5.71 Å². The van der Waals surface area contributed by atoms with Crippen molar-refractivity contribution in [2.75, 3.05) is 12.8 Å². The molecule has 0 atom stereocenters. The third-order valence-electron chi connectivity index (χ3n) is 4.80. The summed E-state index contributed by atoms with van der Waals surface area (Å²) in [7, 11) is 1.54. The van der Waals surface area contributed by atoms with Gasteiger partial charge in [-0.25, -0.2) is 0 Å². The van der Waals surface area contributed by atoms with Gasteiger partial charge in [0, 0.05) is 11.3 Å². The predicted octanol–water partition coefficient (Wildman–Crippen LogP) is 3.87. The van der Waals surface area contributed by atoms with Gasteiger partial charge in [-0.15, -0.1) is 0 Å². The number of aryl methyl sites for hydroxylation is 2. The van der Waals surface area contributed by atoms with Crippen molar-refractivity contribution in [2.24, 2.45) is 5.16 Å². The summed E-state index contributed by atoms with van der Waals surface area (Å²) in [6, 6.07) is 7.84. The number of fused-ring (bicyclic) bond motifs is 1. The summed E-state index contributed by atoms with van der Waals surface area (Å²) >= 11 is 0. The first kappa shape index (κ1) is 16.4. The highest BCUT2D eigenvalue weighted by molar-refractivity contribution is 6.05. The lowest BCUT2D eigenvalue weighted by atomic mass is 9.83. The van der Waals surface area contributed by atoms with Crippen LogP contribution in [0.3, 0.4) is 0 Å². The van der Waals surface area contributed by atoms with Gasteiger partial charge in [0.15, 0.2) is 0 Å². The van der Waals surface area contributed by atoms with E-state index in [-0.39, 0.29) is 5.75 Å². The summed E-state index contributed by atoms with van der Waals surface area (Å²) in [6.07, 6.45) is 3.64. The van der Waals surface area contributed by atoms with E-state index in [1.807, 2.05) is 18.2 Å². The summed E-state index contributed by atoms with van der Waals surface area (Å²) in [5.74, 6) is 0.287. The average molecular weight is 324 g/mol. The summed E-state index contributed by atoms with van der Waals surface area (Å²) in [4.78, 5) is 4.97. The van der Waals surface area contributed by atoms with Gasteiger partial charge in [-0.2, -0.15) is 0 Å². The van der Waals surface area contributed by atoms with Crippen molar-refractivity contribution in [3.05, 3.63) is 57.6 Å². The molecule has 3 N–H and O–H groups in total. The zero-order valence-electron chi connectivity index (χ0n) is 14.5. The fourth-order valence-corrected chi connectivity index (χ4v) is 3.71. The van der Waals surface area contributed by atoms with E-state index in [1.165, 1.54) is 27.8 Å². The largest absolute Gasteiger partial charge is 0.507 e. The van der Waals surface area contributed by atoms with E-state index < -0.39 is 0 Å². The smallest absolute Gasteiger partial charge is 0.125 e. The molecule has 0 unspecified atom stereocenters. The number of nitrogens with zero attached hydrogens (tertiary/aromatic N) is 1. The molecule has 1 aliphatic rings. The topological polar surface area (TPSA) is 67.8 Å². The highest BCUT2D eigenvalue weighted by Crippen LogP contribution is 2.34. The first-order chi connectivity index (χ1) is 11.5. The number of anilines is 1. The molecule has 0 aromatic heterocycles. The average Bonchev–Trinajstić information content (AvgIpc) is 2.53. The number of nitrogens with two attached hydrogens (primary N) is 1. The minimum atomic E-state index is 0.287. The van der Waals surface area contributed by atoms with Gasteiger partial charge in [0.25, 0.3) is 0 Å². The Morgan fingerprint density at radius 2 is 1.88 bits per heavy atom. The summed E-state index contributed by atoms with van der Waals surface area (Å²) < 4.78 is 0. The van der Waals surface area contributed by atoms with Crippen LogP contribution in [0, 0.1) is 13.8 Å². The molecule has 0 amide bonds. The van der Waals surface area contributed by atoms with Crippen LogP contribution in [0.5, 0.6) is 5.75 Å². The lowest BCUT2D eigenvalue weighted by Crippen LogP contribution is -2.15. The fraction of sp³-hybridized carbons (Fsp3) is 0.350. The SMILES string of the molecule is CO/N=C1\CCCc2c(Cc3c(C)cc(N)cc3C)ccc(O)c21. The van der Waals surface area contributed by atoms with Gasteiger partial charge < -0.3 is 15.7 Å². The number of phenols is 1. The van der Waals surface area contributed by atoms with Crippen LogP contribution in [0.1, 0.15) is 46.2 Å². The number of benzene rings is 2. The van der Waals surface area contributed by atoms with Crippen molar-refractivity contribution in [1.82, 2.24) is 0 Å². The minimum Gasteiger partial charge on any atom is -0.507 e. The fourth-order valence-electron chi connectivity index (χ4n) is 3.71. The molecule has 24 heavy (non-hydrogen) atoms. The molecule has 0 aliphatic heterocycles. The Bertz CT molecular complexity index is 787. The molecule has 0 radical (unpaired) electrons. The molecule has 2 aromatic rings. The second kappa shape index (κ2) is 6.56. The van der Waals surface area contributed by atoms with Crippen molar-refractivity contribution in [1.29, 1.82) is 0 Å². The maximum Gasteiger partial charge on any atom is 0.125 e. The number of hydrogen-bond donors (Lipinski definition) is 2. The number of nitrogen functional groups attached to an aromatic ring is 1. The molecule has 0 bridgehead atoms. The van der Waals surface area contributed by atoms with Crippen molar-refractivity contribution in [3.8, 4) is 5.75 Å². The van der Waals surface area contributed by atoms with E-state index in [9.17, 15) is 5.11 Å². The maximum absolute atomic E-state index is 10.3. The Balaban J connectivity index is 2.08. The Morgan fingerprint density at radius 1 is 1.17 bits per heavy atom. The predicted molar refractivity (Wildman–Crippen MR) is 97.7 cm³/mol. The first-order valence-corrected chi connectivity index (χ1v) is 8.31. The van der Waals surface area contributed by atoms with Crippen molar-refractivity contribution < 1.29 is 9.94 Å². The lowest BCUT2D eigenvalue weighted by Gasteiger charge is -2.22. The second-order valence-electron chi connectivity index (χ2n) is 6.48. The van der Waals surface area contributed by atoms with Crippen molar-refractivity contribution in [3.63, 3.8) is 0 Å². The molecular weight excluding hydrogens is 300 g/mol. The monoisotopic (exact) mass is 324 g/mol. The maximum atomic E-state index is 10.3. The van der Waals surface area contributed by atoms with E-state index in [0.29, 0.717) is 0 Å². The Hall–Kier alpha value is -2.49. The van der Waals surface area contributed by atoms with Crippen LogP contribution in [0.4, 0.5) is 5.69 Å². The van der Waals surface area contributed by atoms with E-state index in [4.69, 9.17) is 10.6 Å². The number of hydrogen-bond acceptors (Lipinski definition) is 4. The van der Waals surface area contributed by atoms with E-state index in [0.717, 1.165) is 42.6 Å². The van der Waals surface area contributed by atoms with Crippen LogP contribution in [0.15, 0.2) is 29.4 Å². The molecule has 0 fully saturated rings. The molecule has 0 heterocycles. The Morgan fingerprint density at radius 3 is 2.54 bits per heavy atom. The van der Waals surface area contributed by atoms with Gasteiger partial charge in [-0.05, 0) is 85.5 Å². The van der Waals surface area contributed by atoms with E-state index in [1.54, 1.807) is 13.2 Å². The van der Waals surface area contributed by atoms with Gasteiger partial charge >= 0.3 is 0 Å². The molecule has 0 saturated carbocycles. The number of oxime groups is 1. The highest BCUT2D eigenvalue weighted by atomic mass is 16.6. The molecule has 1 aliphatic carbocycles. The van der Waals surface area contributed by atoms with Crippen molar-refractivity contribution in [2.45, 2.75) is 39.5 Å². The zero-order chi connectivity index (χ0) is 17.3. The summed E-state index contributed by atoms with van der Waals surface area (Å²) in [5, 5.41) is 14.5. The highest BCUT2D eigenvalue weighted by Gasteiger charge is 2.23. The Labute approximate surface area is 142 Å². The normalized spacial score (nSPS) is 15.4. The molecule has 0 spiro atoms. The summed E-state index contributed by atoms with van der Waals surface area (Å²) in [5.41, 5.74) is 14.6. The molecule has 2 aromatic carbocycles.